The van der Waals surface area contributed by atoms with E-state index in [4.69, 9.17) is 0 Å². The van der Waals surface area contributed by atoms with Crippen LogP contribution in [0, 0.1) is 0 Å². The van der Waals surface area contributed by atoms with Crippen LogP contribution in [0.3, 0.4) is 0 Å². The standard InChI is InChI=1S/C11H16N2O2S/c1-11(4-6-16(14,15)9-11)13-8-10-3-2-5-12-7-10/h2-3,5,7,13H,4,6,8-9H2,1H3. The van der Waals surface area contributed by atoms with E-state index in [-0.39, 0.29) is 11.3 Å². The summed E-state index contributed by atoms with van der Waals surface area (Å²) in [5, 5.41) is 3.31. The van der Waals surface area contributed by atoms with E-state index in [1.165, 1.54) is 0 Å². The molecule has 1 fully saturated rings. The first-order valence-electron chi connectivity index (χ1n) is 5.34. The molecule has 1 aromatic heterocycles. The predicted octanol–water partition coefficient (Wildman–Crippen LogP) is 0.748. The Morgan fingerprint density at radius 1 is 1.56 bits per heavy atom. The van der Waals surface area contributed by atoms with Crippen molar-refractivity contribution in [3.05, 3.63) is 30.1 Å². The van der Waals surface area contributed by atoms with Crippen molar-refractivity contribution in [2.24, 2.45) is 0 Å². The lowest BCUT2D eigenvalue weighted by molar-refractivity contribution is 0.395. The van der Waals surface area contributed by atoms with Crippen molar-refractivity contribution in [3.8, 4) is 0 Å². The fourth-order valence-corrected chi connectivity index (χ4v) is 4.09. The zero-order valence-electron chi connectivity index (χ0n) is 9.31. The van der Waals surface area contributed by atoms with Gasteiger partial charge >= 0.3 is 0 Å². The molecular weight excluding hydrogens is 224 g/mol. The predicted molar refractivity (Wildman–Crippen MR) is 62.8 cm³/mol. The second-order valence-electron chi connectivity index (χ2n) is 4.62. The molecule has 2 rings (SSSR count). The molecule has 0 spiro atoms. The number of pyridine rings is 1. The van der Waals surface area contributed by atoms with Crippen molar-refractivity contribution in [3.63, 3.8) is 0 Å². The molecule has 0 bridgehead atoms. The first-order chi connectivity index (χ1) is 7.49. The molecule has 0 aromatic carbocycles. The molecule has 0 aliphatic carbocycles. The van der Waals surface area contributed by atoms with Crippen LogP contribution in [-0.4, -0.2) is 30.4 Å². The Hall–Kier alpha value is -0.940. The molecule has 88 valence electrons. The van der Waals surface area contributed by atoms with Gasteiger partial charge in [0.15, 0.2) is 9.84 Å². The number of aromatic nitrogens is 1. The maximum atomic E-state index is 11.4. The van der Waals surface area contributed by atoms with Gasteiger partial charge in [-0.05, 0) is 25.0 Å². The van der Waals surface area contributed by atoms with Crippen LogP contribution in [-0.2, 0) is 16.4 Å². The average Bonchev–Trinajstić information content (AvgIpc) is 2.53. The monoisotopic (exact) mass is 240 g/mol. The molecule has 16 heavy (non-hydrogen) atoms. The van der Waals surface area contributed by atoms with Gasteiger partial charge in [-0.2, -0.15) is 0 Å². The van der Waals surface area contributed by atoms with Gasteiger partial charge in [0.1, 0.15) is 0 Å². The van der Waals surface area contributed by atoms with E-state index in [2.05, 4.69) is 10.3 Å². The van der Waals surface area contributed by atoms with Gasteiger partial charge in [0.2, 0.25) is 0 Å². The Morgan fingerprint density at radius 2 is 2.38 bits per heavy atom. The number of hydrogen-bond donors (Lipinski definition) is 1. The van der Waals surface area contributed by atoms with Crippen LogP contribution in [0.15, 0.2) is 24.5 Å². The summed E-state index contributed by atoms with van der Waals surface area (Å²) in [5.74, 6) is 0.532. The van der Waals surface area contributed by atoms with Crippen LogP contribution in [0.4, 0.5) is 0 Å². The van der Waals surface area contributed by atoms with Gasteiger partial charge < -0.3 is 5.32 Å². The van der Waals surface area contributed by atoms with Gasteiger partial charge in [-0.3, -0.25) is 4.98 Å². The van der Waals surface area contributed by atoms with Crippen LogP contribution in [0.25, 0.3) is 0 Å². The fraction of sp³-hybridized carbons (Fsp3) is 0.545. The first kappa shape index (κ1) is 11.5. The number of rotatable bonds is 3. The molecule has 5 heteroatoms. The van der Waals surface area contributed by atoms with E-state index in [0.29, 0.717) is 18.7 Å². The van der Waals surface area contributed by atoms with Gasteiger partial charge in [-0.1, -0.05) is 6.07 Å². The largest absolute Gasteiger partial charge is 0.306 e. The third-order valence-corrected chi connectivity index (χ3v) is 4.85. The third-order valence-electron chi connectivity index (χ3n) is 2.95. The van der Waals surface area contributed by atoms with E-state index in [0.717, 1.165) is 5.56 Å². The lowest BCUT2D eigenvalue weighted by Crippen LogP contribution is -2.42. The molecular formula is C11H16N2O2S. The molecule has 1 saturated heterocycles. The van der Waals surface area contributed by atoms with Gasteiger partial charge in [-0.25, -0.2) is 8.42 Å². The summed E-state index contributed by atoms with van der Waals surface area (Å²) in [6.45, 7) is 2.63. The summed E-state index contributed by atoms with van der Waals surface area (Å²) in [7, 11) is -2.84. The highest BCUT2D eigenvalue weighted by Crippen LogP contribution is 2.23. The molecule has 1 aliphatic heterocycles. The van der Waals surface area contributed by atoms with E-state index in [1.54, 1.807) is 12.4 Å². The second-order valence-corrected chi connectivity index (χ2v) is 6.80. The fourth-order valence-electron chi connectivity index (χ4n) is 1.97. The molecule has 0 radical (unpaired) electrons. The number of nitrogens with one attached hydrogen (secondary N) is 1. The first-order valence-corrected chi connectivity index (χ1v) is 7.16. The van der Waals surface area contributed by atoms with Gasteiger partial charge in [0, 0.05) is 24.5 Å². The summed E-state index contributed by atoms with van der Waals surface area (Å²) in [6, 6.07) is 3.86. The summed E-state index contributed by atoms with van der Waals surface area (Å²) >= 11 is 0. The minimum absolute atomic E-state index is 0.236. The Labute approximate surface area is 96.0 Å². The summed E-state index contributed by atoms with van der Waals surface area (Å²) < 4.78 is 22.8. The molecule has 1 unspecified atom stereocenters. The molecule has 1 N–H and O–H groups in total. The molecule has 0 amide bonds. The maximum absolute atomic E-state index is 11.4. The van der Waals surface area contributed by atoms with Crippen LogP contribution in [0.2, 0.25) is 0 Å². The highest BCUT2D eigenvalue weighted by molar-refractivity contribution is 7.91. The Balaban J connectivity index is 1.96. The van der Waals surface area contributed by atoms with E-state index >= 15 is 0 Å². The normalized spacial score (nSPS) is 28.1. The van der Waals surface area contributed by atoms with Crippen molar-refractivity contribution < 1.29 is 8.42 Å². The number of nitrogens with zero attached hydrogens (tertiary/aromatic N) is 1. The minimum atomic E-state index is -2.84. The van der Waals surface area contributed by atoms with Crippen LogP contribution < -0.4 is 5.32 Å². The molecule has 4 nitrogen and oxygen atoms in total. The molecule has 1 aromatic rings. The second kappa shape index (κ2) is 4.14. The third kappa shape index (κ3) is 2.80. The van der Waals surface area contributed by atoms with Crippen molar-refractivity contribution >= 4 is 9.84 Å². The maximum Gasteiger partial charge on any atom is 0.152 e. The Kier molecular flexibility index (Phi) is 2.99. The minimum Gasteiger partial charge on any atom is -0.306 e. The highest BCUT2D eigenvalue weighted by Gasteiger charge is 2.37. The Bertz CT molecular complexity index is 458. The lowest BCUT2D eigenvalue weighted by Gasteiger charge is -2.23. The van der Waals surface area contributed by atoms with Crippen LogP contribution >= 0.6 is 0 Å². The average molecular weight is 240 g/mol. The Morgan fingerprint density at radius 3 is 2.94 bits per heavy atom. The highest BCUT2D eigenvalue weighted by atomic mass is 32.2. The van der Waals surface area contributed by atoms with Crippen LogP contribution in [0.1, 0.15) is 18.9 Å². The van der Waals surface area contributed by atoms with E-state index < -0.39 is 9.84 Å². The van der Waals surface area contributed by atoms with Crippen molar-refractivity contribution in [2.45, 2.75) is 25.4 Å². The number of hydrogen-bond acceptors (Lipinski definition) is 4. The smallest absolute Gasteiger partial charge is 0.152 e. The molecule has 2 heterocycles. The number of sulfone groups is 1. The summed E-state index contributed by atoms with van der Waals surface area (Å²) in [5.41, 5.74) is 0.794. The molecule has 1 aliphatic rings. The van der Waals surface area contributed by atoms with Crippen molar-refractivity contribution in [1.29, 1.82) is 0 Å². The van der Waals surface area contributed by atoms with Crippen molar-refractivity contribution in [1.82, 2.24) is 10.3 Å². The molecule has 0 saturated carbocycles. The van der Waals surface area contributed by atoms with Crippen LogP contribution in [0.5, 0.6) is 0 Å². The van der Waals surface area contributed by atoms with Gasteiger partial charge in [0.05, 0.1) is 11.5 Å². The lowest BCUT2D eigenvalue weighted by atomic mass is 10.0. The van der Waals surface area contributed by atoms with E-state index in [9.17, 15) is 8.42 Å². The zero-order chi connectivity index (χ0) is 11.6. The summed E-state index contributed by atoms with van der Waals surface area (Å²) in [6.07, 6.45) is 4.21. The SMILES string of the molecule is CC1(NCc2cccnc2)CCS(=O)(=O)C1. The van der Waals surface area contributed by atoms with Gasteiger partial charge in [-0.15, -0.1) is 0 Å². The summed E-state index contributed by atoms with van der Waals surface area (Å²) in [4.78, 5) is 4.02. The quantitative estimate of drug-likeness (QED) is 0.847. The van der Waals surface area contributed by atoms with Gasteiger partial charge in [0.25, 0.3) is 0 Å². The topological polar surface area (TPSA) is 59.1 Å². The zero-order valence-corrected chi connectivity index (χ0v) is 10.1. The molecule has 1 atom stereocenters. The van der Waals surface area contributed by atoms with E-state index in [1.807, 2.05) is 19.1 Å². The van der Waals surface area contributed by atoms with Crippen molar-refractivity contribution in [2.75, 3.05) is 11.5 Å².